The summed E-state index contributed by atoms with van der Waals surface area (Å²) in [6.07, 6.45) is -0.722. The van der Waals surface area contributed by atoms with Gasteiger partial charge in [-0.1, -0.05) is 17.7 Å². The molecule has 0 saturated heterocycles. The van der Waals surface area contributed by atoms with Crippen molar-refractivity contribution in [3.05, 3.63) is 76.4 Å². The van der Waals surface area contributed by atoms with E-state index < -0.39 is 12.1 Å². The number of esters is 1. The Balaban J connectivity index is 1.49. The molecular weight excluding hydrogens is 405 g/mol. The lowest BCUT2D eigenvalue weighted by atomic mass is 10.1. The van der Waals surface area contributed by atoms with E-state index in [-0.39, 0.29) is 11.7 Å². The number of carbonyl (C=O) groups excluding carboxylic acids is 1. The number of halogens is 1. The summed E-state index contributed by atoms with van der Waals surface area (Å²) in [7, 11) is 0. The number of aryl methyl sites for hydroxylation is 2. The molecule has 6 nitrogen and oxygen atoms in total. The lowest BCUT2D eigenvalue weighted by Crippen LogP contribution is -2.09. The summed E-state index contributed by atoms with van der Waals surface area (Å²) >= 11 is 1.19. The molecule has 1 atom stereocenters. The van der Waals surface area contributed by atoms with E-state index in [0.717, 1.165) is 16.7 Å². The number of carbonyl (C=O) groups is 1. The molecular formula is C22H18FN3O3S. The van der Waals surface area contributed by atoms with Crippen LogP contribution in [-0.2, 0) is 4.74 Å². The molecule has 8 heteroatoms. The van der Waals surface area contributed by atoms with E-state index >= 15 is 0 Å². The fraction of sp³-hybridized carbons (Fsp3) is 0.182. The van der Waals surface area contributed by atoms with E-state index in [1.165, 1.54) is 23.5 Å². The molecule has 1 unspecified atom stereocenters. The van der Waals surface area contributed by atoms with Crippen LogP contribution in [-0.4, -0.2) is 21.2 Å². The van der Waals surface area contributed by atoms with Gasteiger partial charge in [-0.15, -0.1) is 21.5 Å². The molecule has 30 heavy (non-hydrogen) atoms. The Morgan fingerprint density at radius 1 is 1.03 bits per heavy atom. The van der Waals surface area contributed by atoms with Crippen LogP contribution in [0.3, 0.4) is 0 Å². The van der Waals surface area contributed by atoms with Gasteiger partial charge in [0.1, 0.15) is 15.7 Å². The first-order valence-electron chi connectivity index (χ1n) is 9.25. The molecule has 0 aliphatic carbocycles. The molecule has 0 spiro atoms. The summed E-state index contributed by atoms with van der Waals surface area (Å²) in [5, 5.41) is 8.66. The minimum Gasteiger partial charge on any atom is -0.448 e. The number of rotatable bonds is 5. The molecule has 4 rings (SSSR count). The van der Waals surface area contributed by atoms with Crippen molar-refractivity contribution in [3.63, 3.8) is 0 Å². The highest BCUT2D eigenvalue weighted by atomic mass is 32.1. The topological polar surface area (TPSA) is 78.1 Å². The quantitative estimate of drug-likeness (QED) is 0.393. The second-order valence-electron chi connectivity index (χ2n) is 6.80. The van der Waals surface area contributed by atoms with Gasteiger partial charge in [0, 0.05) is 11.1 Å². The first-order valence-corrected chi connectivity index (χ1v) is 10.1. The Bertz CT molecular complexity index is 1180. The first-order chi connectivity index (χ1) is 14.4. The van der Waals surface area contributed by atoms with Crippen LogP contribution in [0.25, 0.3) is 22.0 Å². The summed E-state index contributed by atoms with van der Waals surface area (Å²) in [6, 6.07) is 13.6. The van der Waals surface area contributed by atoms with Crippen molar-refractivity contribution in [1.82, 2.24) is 15.2 Å². The monoisotopic (exact) mass is 423 g/mol. The van der Waals surface area contributed by atoms with Gasteiger partial charge in [-0.05, 0) is 57.2 Å². The van der Waals surface area contributed by atoms with E-state index in [2.05, 4.69) is 15.2 Å². The molecule has 0 radical (unpaired) electrons. The first kappa shape index (κ1) is 19.9. The Morgan fingerprint density at radius 2 is 1.70 bits per heavy atom. The highest BCUT2D eigenvalue weighted by molar-refractivity contribution is 7.17. The van der Waals surface area contributed by atoms with Crippen molar-refractivity contribution in [2.24, 2.45) is 0 Å². The molecule has 152 valence electrons. The van der Waals surface area contributed by atoms with Gasteiger partial charge in [-0.2, -0.15) is 0 Å². The van der Waals surface area contributed by atoms with Crippen molar-refractivity contribution in [1.29, 1.82) is 0 Å². The van der Waals surface area contributed by atoms with Crippen molar-refractivity contribution in [2.75, 3.05) is 0 Å². The maximum atomic E-state index is 13.1. The minimum absolute atomic E-state index is 0.208. The third-order valence-electron chi connectivity index (χ3n) is 4.44. The lowest BCUT2D eigenvalue weighted by Gasteiger charge is -2.08. The molecule has 0 amide bonds. The lowest BCUT2D eigenvalue weighted by molar-refractivity contribution is 0.0284. The van der Waals surface area contributed by atoms with Crippen LogP contribution in [0.1, 0.15) is 39.8 Å². The molecule has 4 aromatic rings. The van der Waals surface area contributed by atoms with E-state index in [0.29, 0.717) is 21.5 Å². The number of hydrogen-bond acceptors (Lipinski definition) is 7. The van der Waals surface area contributed by atoms with Gasteiger partial charge >= 0.3 is 5.97 Å². The Kier molecular flexibility index (Phi) is 5.41. The highest BCUT2D eigenvalue weighted by Crippen LogP contribution is 2.30. The smallest absolute Gasteiger partial charge is 0.351 e. The maximum Gasteiger partial charge on any atom is 0.351 e. The van der Waals surface area contributed by atoms with Gasteiger partial charge in [0.05, 0.1) is 5.69 Å². The zero-order chi connectivity index (χ0) is 21.3. The molecule has 2 heterocycles. The average Bonchev–Trinajstić information content (AvgIpc) is 3.36. The van der Waals surface area contributed by atoms with Crippen LogP contribution in [0, 0.1) is 19.7 Å². The predicted octanol–water partition coefficient (Wildman–Crippen LogP) is 5.53. The zero-order valence-electron chi connectivity index (χ0n) is 16.5. The van der Waals surface area contributed by atoms with Gasteiger partial charge in [-0.3, -0.25) is 0 Å². The van der Waals surface area contributed by atoms with Crippen molar-refractivity contribution < 1.29 is 18.3 Å². The summed E-state index contributed by atoms with van der Waals surface area (Å²) in [5.74, 6) is -0.286. The van der Waals surface area contributed by atoms with Crippen molar-refractivity contribution >= 4 is 17.3 Å². The number of hydrogen-bond donors (Lipinski definition) is 0. The molecule has 0 saturated carbocycles. The van der Waals surface area contributed by atoms with Crippen molar-refractivity contribution in [2.45, 2.75) is 26.9 Å². The standard InChI is InChI=1S/C22H18FN3O3S/c1-12-4-6-15(7-5-12)20-26-25-19(29-20)14(3)28-22(27)18-13(2)24-21(30-18)16-8-10-17(23)11-9-16/h4-11,14H,1-3H3. The van der Waals surface area contributed by atoms with Crippen LogP contribution in [0.4, 0.5) is 4.39 Å². The van der Waals surface area contributed by atoms with Crippen molar-refractivity contribution in [3.8, 4) is 22.0 Å². The largest absolute Gasteiger partial charge is 0.448 e. The van der Waals surface area contributed by atoms with E-state index in [9.17, 15) is 9.18 Å². The molecule has 0 bridgehead atoms. The van der Waals surface area contributed by atoms with E-state index in [1.807, 2.05) is 31.2 Å². The number of ether oxygens (including phenoxy) is 1. The van der Waals surface area contributed by atoms with Gasteiger partial charge < -0.3 is 9.15 Å². The molecule has 0 fully saturated rings. The third kappa shape index (κ3) is 4.13. The van der Waals surface area contributed by atoms with Crippen LogP contribution in [0.2, 0.25) is 0 Å². The number of benzene rings is 2. The summed E-state index contributed by atoms with van der Waals surface area (Å²) in [4.78, 5) is 17.4. The normalized spacial score (nSPS) is 12.0. The van der Waals surface area contributed by atoms with Crippen LogP contribution < -0.4 is 0 Å². The van der Waals surface area contributed by atoms with Gasteiger partial charge in [0.15, 0.2) is 6.10 Å². The van der Waals surface area contributed by atoms with Gasteiger partial charge in [0.2, 0.25) is 5.89 Å². The second kappa shape index (κ2) is 8.16. The third-order valence-corrected chi connectivity index (χ3v) is 5.63. The number of aromatic nitrogens is 3. The zero-order valence-corrected chi connectivity index (χ0v) is 17.4. The number of thiazole rings is 1. The minimum atomic E-state index is -0.722. The second-order valence-corrected chi connectivity index (χ2v) is 7.80. The maximum absolute atomic E-state index is 13.1. The molecule has 0 N–H and O–H groups in total. The van der Waals surface area contributed by atoms with E-state index in [4.69, 9.17) is 9.15 Å². The Labute approximate surface area is 176 Å². The fourth-order valence-electron chi connectivity index (χ4n) is 2.78. The fourth-order valence-corrected chi connectivity index (χ4v) is 3.73. The highest BCUT2D eigenvalue weighted by Gasteiger charge is 2.23. The summed E-state index contributed by atoms with van der Waals surface area (Å²) < 4.78 is 24.3. The van der Waals surface area contributed by atoms with Gasteiger partial charge in [0.25, 0.3) is 5.89 Å². The molecule has 0 aliphatic rings. The van der Waals surface area contributed by atoms with Crippen LogP contribution in [0.5, 0.6) is 0 Å². The molecule has 2 aromatic heterocycles. The SMILES string of the molecule is Cc1ccc(-c2nnc(C(C)OC(=O)c3sc(-c4ccc(F)cc4)nc3C)o2)cc1. The molecule has 0 aliphatic heterocycles. The van der Waals surface area contributed by atoms with E-state index in [1.54, 1.807) is 26.0 Å². The van der Waals surface area contributed by atoms with Gasteiger partial charge in [-0.25, -0.2) is 14.2 Å². The van der Waals surface area contributed by atoms with Crippen LogP contribution in [0.15, 0.2) is 52.9 Å². The molecule has 2 aromatic carbocycles. The predicted molar refractivity (Wildman–Crippen MR) is 111 cm³/mol. The Morgan fingerprint density at radius 3 is 2.40 bits per heavy atom. The average molecular weight is 423 g/mol. The Hall–Kier alpha value is -3.39. The summed E-state index contributed by atoms with van der Waals surface area (Å²) in [6.45, 7) is 5.39. The summed E-state index contributed by atoms with van der Waals surface area (Å²) in [5.41, 5.74) is 3.19. The van der Waals surface area contributed by atoms with Crippen LogP contribution >= 0.6 is 11.3 Å². The number of nitrogens with zero attached hydrogens (tertiary/aromatic N) is 3.